The lowest BCUT2D eigenvalue weighted by Gasteiger charge is -2.27. The molecule has 4 nitrogen and oxygen atoms in total. The molecule has 23 heavy (non-hydrogen) atoms. The minimum Gasteiger partial charge on any atom is -0.495 e. The summed E-state index contributed by atoms with van der Waals surface area (Å²) in [6.07, 6.45) is 2.93. The van der Waals surface area contributed by atoms with Gasteiger partial charge in [0.1, 0.15) is 5.75 Å². The van der Waals surface area contributed by atoms with Crippen LogP contribution in [0.1, 0.15) is 31.7 Å². The lowest BCUT2D eigenvalue weighted by atomic mass is 9.84. The number of piperidine rings is 1. The van der Waals surface area contributed by atoms with E-state index in [0.29, 0.717) is 35.6 Å². The number of rotatable bonds is 6. The van der Waals surface area contributed by atoms with Crippen molar-refractivity contribution in [2.45, 2.75) is 32.7 Å². The third-order valence-corrected chi connectivity index (χ3v) is 4.70. The fourth-order valence-corrected chi connectivity index (χ4v) is 3.25. The molecule has 1 aromatic rings. The van der Waals surface area contributed by atoms with Crippen LogP contribution in [0.4, 0.5) is 0 Å². The summed E-state index contributed by atoms with van der Waals surface area (Å²) in [4.78, 5) is 12.1. The van der Waals surface area contributed by atoms with Crippen LogP contribution in [0.25, 0.3) is 0 Å². The van der Waals surface area contributed by atoms with Gasteiger partial charge in [-0.05, 0) is 55.5 Å². The molecule has 1 atom stereocenters. The first-order chi connectivity index (χ1) is 10.6. The minimum atomic E-state index is 0. The van der Waals surface area contributed by atoms with Crippen LogP contribution in [0.15, 0.2) is 18.2 Å². The molecule has 1 unspecified atom stereocenters. The summed E-state index contributed by atoms with van der Waals surface area (Å²) in [6, 6.07) is 5.57. The first-order valence-electron chi connectivity index (χ1n) is 7.90. The SMILES string of the molecule is COc1ccc(CNC(=O)CC(C)C2CCNCC2)cc1Cl.Cl. The number of hydrogen-bond acceptors (Lipinski definition) is 3. The molecule has 2 N–H and O–H groups in total. The van der Waals surface area contributed by atoms with Crippen molar-refractivity contribution in [2.24, 2.45) is 11.8 Å². The monoisotopic (exact) mass is 360 g/mol. The molecule has 130 valence electrons. The number of carbonyl (C=O) groups excluding carboxylic acids is 1. The standard InChI is InChI=1S/C17H25ClN2O2.ClH/c1-12(14-5-7-19-8-6-14)9-17(21)20-11-13-3-4-16(22-2)15(18)10-13;/h3-4,10,12,14,19H,5-9,11H2,1-2H3,(H,20,21);1H. The Bertz CT molecular complexity index is 505. The second kappa shape index (κ2) is 10.0. The van der Waals surface area contributed by atoms with Crippen molar-refractivity contribution in [1.82, 2.24) is 10.6 Å². The zero-order chi connectivity index (χ0) is 15.9. The molecule has 1 saturated heterocycles. The Kier molecular flexibility index (Phi) is 8.74. The van der Waals surface area contributed by atoms with Crippen LogP contribution < -0.4 is 15.4 Å². The second-order valence-corrected chi connectivity index (χ2v) is 6.42. The lowest BCUT2D eigenvalue weighted by Crippen LogP contribution is -2.33. The summed E-state index contributed by atoms with van der Waals surface area (Å²) in [7, 11) is 1.59. The molecular weight excluding hydrogens is 335 g/mol. The molecule has 1 heterocycles. The second-order valence-electron chi connectivity index (χ2n) is 6.01. The van der Waals surface area contributed by atoms with Gasteiger partial charge in [0.2, 0.25) is 5.91 Å². The van der Waals surface area contributed by atoms with Gasteiger partial charge in [-0.2, -0.15) is 0 Å². The maximum Gasteiger partial charge on any atom is 0.220 e. The maximum absolute atomic E-state index is 12.1. The highest BCUT2D eigenvalue weighted by Crippen LogP contribution is 2.25. The molecule has 0 radical (unpaired) electrons. The Labute approximate surface area is 149 Å². The molecule has 1 aliphatic heterocycles. The van der Waals surface area contributed by atoms with Crippen molar-refractivity contribution in [1.29, 1.82) is 0 Å². The van der Waals surface area contributed by atoms with E-state index in [1.807, 2.05) is 18.2 Å². The van der Waals surface area contributed by atoms with Crippen LogP contribution in [-0.2, 0) is 11.3 Å². The van der Waals surface area contributed by atoms with E-state index in [9.17, 15) is 4.79 Å². The van der Waals surface area contributed by atoms with Gasteiger partial charge in [0.05, 0.1) is 12.1 Å². The molecule has 1 aliphatic rings. The lowest BCUT2D eigenvalue weighted by molar-refractivity contribution is -0.122. The van der Waals surface area contributed by atoms with E-state index in [0.717, 1.165) is 18.7 Å². The highest BCUT2D eigenvalue weighted by Gasteiger charge is 2.21. The van der Waals surface area contributed by atoms with Gasteiger partial charge in [0, 0.05) is 13.0 Å². The first kappa shape index (κ1) is 20.1. The van der Waals surface area contributed by atoms with Gasteiger partial charge in [0.25, 0.3) is 0 Å². The van der Waals surface area contributed by atoms with Crippen LogP contribution in [0.2, 0.25) is 5.02 Å². The van der Waals surface area contributed by atoms with Gasteiger partial charge in [-0.3, -0.25) is 4.79 Å². The maximum atomic E-state index is 12.1. The van der Waals surface area contributed by atoms with Crippen molar-refractivity contribution in [3.8, 4) is 5.75 Å². The van der Waals surface area contributed by atoms with E-state index in [-0.39, 0.29) is 18.3 Å². The fraction of sp³-hybridized carbons (Fsp3) is 0.588. The van der Waals surface area contributed by atoms with E-state index in [1.54, 1.807) is 7.11 Å². The van der Waals surface area contributed by atoms with Gasteiger partial charge >= 0.3 is 0 Å². The van der Waals surface area contributed by atoms with Gasteiger partial charge in [-0.1, -0.05) is 24.6 Å². The number of carbonyl (C=O) groups is 1. The normalized spacial score (nSPS) is 16.3. The molecule has 2 rings (SSSR count). The Morgan fingerprint density at radius 1 is 1.43 bits per heavy atom. The molecular formula is C17H26Cl2N2O2. The zero-order valence-corrected chi connectivity index (χ0v) is 15.3. The number of halogens is 2. The smallest absolute Gasteiger partial charge is 0.220 e. The zero-order valence-electron chi connectivity index (χ0n) is 13.7. The largest absolute Gasteiger partial charge is 0.495 e. The molecule has 0 spiro atoms. The summed E-state index contributed by atoms with van der Waals surface area (Å²) < 4.78 is 5.12. The van der Waals surface area contributed by atoms with Crippen molar-refractivity contribution >= 4 is 29.9 Å². The summed E-state index contributed by atoms with van der Waals surface area (Å²) in [5.41, 5.74) is 0.980. The number of benzene rings is 1. The van der Waals surface area contributed by atoms with Crippen LogP contribution in [0, 0.1) is 11.8 Å². The average molecular weight is 361 g/mol. The highest BCUT2D eigenvalue weighted by molar-refractivity contribution is 6.32. The quantitative estimate of drug-likeness (QED) is 0.816. The Balaban J connectivity index is 0.00000264. The molecule has 1 fully saturated rings. The summed E-state index contributed by atoms with van der Waals surface area (Å²) in [6.45, 7) is 4.82. The van der Waals surface area contributed by atoms with Crippen molar-refractivity contribution in [3.63, 3.8) is 0 Å². The van der Waals surface area contributed by atoms with Crippen LogP contribution in [0.5, 0.6) is 5.75 Å². The molecule has 6 heteroatoms. The van der Waals surface area contributed by atoms with Gasteiger partial charge in [-0.25, -0.2) is 0 Å². The van der Waals surface area contributed by atoms with Crippen LogP contribution >= 0.6 is 24.0 Å². The third-order valence-electron chi connectivity index (χ3n) is 4.40. The molecule has 0 saturated carbocycles. The summed E-state index contributed by atoms with van der Waals surface area (Å²) >= 11 is 6.09. The molecule has 0 aliphatic carbocycles. The Morgan fingerprint density at radius 3 is 2.74 bits per heavy atom. The van der Waals surface area contributed by atoms with Gasteiger partial charge < -0.3 is 15.4 Å². The van der Waals surface area contributed by atoms with Crippen molar-refractivity contribution in [3.05, 3.63) is 28.8 Å². The third kappa shape index (κ3) is 6.21. The van der Waals surface area contributed by atoms with E-state index in [2.05, 4.69) is 17.6 Å². The van der Waals surface area contributed by atoms with Crippen molar-refractivity contribution in [2.75, 3.05) is 20.2 Å². The minimum absolute atomic E-state index is 0. The number of ether oxygens (including phenoxy) is 1. The van der Waals surface area contributed by atoms with Gasteiger partial charge in [0.15, 0.2) is 0 Å². The molecule has 1 amide bonds. The van der Waals surface area contributed by atoms with E-state index in [1.165, 1.54) is 12.8 Å². The molecule has 0 aromatic heterocycles. The average Bonchev–Trinajstić information content (AvgIpc) is 2.54. The number of amides is 1. The van der Waals surface area contributed by atoms with Gasteiger partial charge in [-0.15, -0.1) is 12.4 Å². The number of methoxy groups -OCH3 is 1. The van der Waals surface area contributed by atoms with Crippen molar-refractivity contribution < 1.29 is 9.53 Å². The van der Waals surface area contributed by atoms with E-state index >= 15 is 0 Å². The Morgan fingerprint density at radius 2 is 2.13 bits per heavy atom. The predicted molar refractivity (Wildman–Crippen MR) is 96.5 cm³/mol. The topological polar surface area (TPSA) is 50.4 Å². The fourth-order valence-electron chi connectivity index (χ4n) is 2.97. The first-order valence-corrected chi connectivity index (χ1v) is 8.27. The number of hydrogen-bond donors (Lipinski definition) is 2. The number of nitrogens with one attached hydrogen (secondary N) is 2. The van der Waals surface area contributed by atoms with Crippen LogP contribution in [-0.4, -0.2) is 26.1 Å². The highest BCUT2D eigenvalue weighted by atomic mass is 35.5. The molecule has 1 aromatic carbocycles. The van der Waals surface area contributed by atoms with E-state index < -0.39 is 0 Å². The summed E-state index contributed by atoms with van der Waals surface area (Å²) in [5, 5.41) is 6.91. The summed E-state index contributed by atoms with van der Waals surface area (Å²) in [5.74, 6) is 1.85. The Hall–Kier alpha value is -0.970. The molecule has 0 bridgehead atoms. The van der Waals surface area contributed by atoms with E-state index in [4.69, 9.17) is 16.3 Å². The predicted octanol–water partition coefficient (Wildman–Crippen LogP) is 3.41. The van der Waals surface area contributed by atoms with Crippen LogP contribution in [0.3, 0.4) is 0 Å².